The summed E-state index contributed by atoms with van der Waals surface area (Å²) in [4.78, 5) is 4.57. The lowest BCUT2D eigenvalue weighted by molar-refractivity contribution is 0.695. The lowest BCUT2D eigenvalue weighted by Crippen LogP contribution is -2.11. The molecule has 1 aromatic carbocycles. The Morgan fingerprint density at radius 2 is 2.00 bits per heavy atom. The Kier molecular flexibility index (Phi) is 2.27. The first-order chi connectivity index (χ1) is 7.00. The number of benzene rings is 1. The van der Waals surface area contributed by atoms with Crippen LogP contribution in [-0.4, -0.2) is 9.55 Å². The van der Waals surface area contributed by atoms with E-state index in [0.29, 0.717) is 0 Å². The Labute approximate surface area is 89.9 Å². The zero-order valence-electron chi connectivity index (χ0n) is 9.70. The minimum Gasteiger partial charge on any atom is -0.330 e. The standard InChI is InChI=1S/C12H17N3/c1-7-5-8(2)11-10(6-7)14-12(9(3)13)15(11)4/h5-6,9H,13H2,1-4H3. The van der Waals surface area contributed by atoms with Crippen molar-refractivity contribution in [1.29, 1.82) is 0 Å². The van der Waals surface area contributed by atoms with Crippen LogP contribution in [0.25, 0.3) is 11.0 Å². The maximum absolute atomic E-state index is 5.88. The second kappa shape index (κ2) is 3.35. The van der Waals surface area contributed by atoms with Crippen molar-refractivity contribution in [2.45, 2.75) is 26.8 Å². The Hall–Kier alpha value is -1.35. The van der Waals surface area contributed by atoms with Crippen LogP contribution in [0.2, 0.25) is 0 Å². The Bertz CT molecular complexity index is 509. The van der Waals surface area contributed by atoms with Crippen molar-refractivity contribution in [3.05, 3.63) is 29.1 Å². The minimum atomic E-state index is -0.0258. The molecule has 80 valence electrons. The molecule has 0 aliphatic rings. The third-order valence-corrected chi connectivity index (χ3v) is 2.75. The van der Waals surface area contributed by atoms with Gasteiger partial charge in [-0.25, -0.2) is 4.98 Å². The summed E-state index contributed by atoms with van der Waals surface area (Å²) in [5, 5.41) is 0. The van der Waals surface area contributed by atoms with Gasteiger partial charge in [0.1, 0.15) is 5.82 Å². The molecule has 0 bridgehead atoms. The van der Waals surface area contributed by atoms with Gasteiger partial charge in [0.05, 0.1) is 17.1 Å². The van der Waals surface area contributed by atoms with Crippen molar-refractivity contribution < 1.29 is 0 Å². The Balaban J connectivity index is 2.82. The van der Waals surface area contributed by atoms with Crippen molar-refractivity contribution in [3.8, 4) is 0 Å². The molecule has 3 heteroatoms. The van der Waals surface area contributed by atoms with Gasteiger partial charge in [0.2, 0.25) is 0 Å². The quantitative estimate of drug-likeness (QED) is 0.772. The molecule has 1 unspecified atom stereocenters. The summed E-state index contributed by atoms with van der Waals surface area (Å²) < 4.78 is 2.09. The summed E-state index contributed by atoms with van der Waals surface area (Å²) in [6.45, 7) is 6.16. The predicted octanol–water partition coefficient (Wildman–Crippen LogP) is 2.21. The molecular formula is C12H17N3. The molecule has 2 aromatic rings. The van der Waals surface area contributed by atoms with E-state index in [1.54, 1.807) is 0 Å². The van der Waals surface area contributed by atoms with Crippen LogP contribution in [0, 0.1) is 13.8 Å². The zero-order chi connectivity index (χ0) is 11.2. The van der Waals surface area contributed by atoms with Crippen LogP contribution in [0.15, 0.2) is 12.1 Å². The van der Waals surface area contributed by atoms with Crippen LogP contribution >= 0.6 is 0 Å². The number of aryl methyl sites for hydroxylation is 3. The lowest BCUT2D eigenvalue weighted by atomic mass is 10.1. The monoisotopic (exact) mass is 203 g/mol. The van der Waals surface area contributed by atoms with E-state index in [2.05, 4.69) is 35.5 Å². The summed E-state index contributed by atoms with van der Waals surface area (Å²) >= 11 is 0. The van der Waals surface area contributed by atoms with Crippen LogP contribution in [0.5, 0.6) is 0 Å². The van der Waals surface area contributed by atoms with Gasteiger partial charge in [-0.3, -0.25) is 0 Å². The third kappa shape index (κ3) is 1.53. The summed E-state index contributed by atoms with van der Waals surface area (Å²) in [6, 6.07) is 4.26. The maximum atomic E-state index is 5.88. The first-order valence-electron chi connectivity index (χ1n) is 5.20. The third-order valence-electron chi connectivity index (χ3n) is 2.75. The summed E-state index contributed by atoms with van der Waals surface area (Å²) in [5.41, 5.74) is 10.6. The second-order valence-electron chi connectivity index (χ2n) is 4.27. The molecular weight excluding hydrogens is 186 g/mol. The van der Waals surface area contributed by atoms with Gasteiger partial charge in [0, 0.05) is 7.05 Å². The average molecular weight is 203 g/mol. The van der Waals surface area contributed by atoms with Crippen LogP contribution < -0.4 is 5.73 Å². The van der Waals surface area contributed by atoms with E-state index in [-0.39, 0.29) is 6.04 Å². The molecule has 0 saturated carbocycles. The fourth-order valence-electron chi connectivity index (χ4n) is 2.18. The van der Waals surface area contributed by atoms with Crippen molar-refractivity contribution in [2.24, 2.45) is 12.8 Å². The van der Waals surface area contributed by atoms with Gasteiger partial charge in [-0.1, -0.05) is 6.07 Å². The Morgan fingerprint density at radius 1 is 1.33 bits per heavy atom. The zero-order valence-corrected chi connectivity index (χ0v) is 9.70. The molecule has 0 fully saturated rings. The van der Waals surface area contributed by atoms with Crippen molar-refractivity contribution in [2.75, 3.05) is 0 Å². The lowest BCUT2D eigenvalue weighted by Gasteiger charge is -2.06. The maximum Gasteiger partial charge on any atom is 0.126 e. The van der Waals surface area contributed by atoms with Gasteiger partial charge in [0.15, 0.2) is 0 Å². The molecule has 0 aliphatic carbocycles. The fourth-order valence-corrected chi connectivity index (χ4v) is 2.18. The molecule has 2 N–H and O–H groups in total. The van der Waals surface area contributed by atoms with E-state index in [0.717, 1.165) is 11.3 Å². The predicted molar refractivity (Wildman–Crippen MR) is 62.8 cm³/mol. The second-order valence-corrected chi connectivity index (χ2v) is 4.27. The van der Waals surface area contributed by atoms with Gasteiger partial charge in [-0.2, -0.15) is 0 Å². The number of hydrogen-bond donors (Lipinski definition) is 1. The summed E-state index contributed by atoms with van der Waals surface area (Å²) in [7, 11) is 2.02. The first-order valence-corrected chi connectivity index (χ1v) is 5.20. The molecule has 0 aliphatic heterocycles. The molecule has 0 spiro atoms. The highest BCUT2D eigenvalue weighted by Gasteiger charge is 2.12. The SMILES string of the molecule is Cc1cc(C)c2c(c1)nc(C(C)N)n2C. The van der Waals surface area contributed by atoms with E-state index in [1.165, 1.54) is 16.6 Å². The number of hydrogen-bond acceptors (Lipinski definition) is 2. The average Bonchev–Trinajstić information content (AvgIpc) is 2.42. The molecule has 3 nitrogen and oxygen atoms in total. The van der Waals surface area contributed by atoms with Crippen LogP contribution in [0.4, 0.5) is 0 Å². The normalized spacial score (nSPS) is 13.4. The Morgan fingerprint density at radius 3 is 2.60 bits per heavy atom. The topological polar surface area (TPSA) is 43.8 Å². The number of nitrogens with two attached hydrogens (primary N) is 1. The van der Waals surface area contributed by atoms with Gasteiger partial charge >= 0.3 is 0 Å². The molecule has 15 heavy (non-hydrogen) atoms. The van der Waals surface area contributed by atoms with E-state index in [4.69, 9.17) is 5.73 Å². The molecule has 0 amide bonds. The van der Waals surface area contributed by atoms with Gasteiger partial charge in [0.25, 0.3) is 0 Å². The molecule has 1 aromatic heterocycles. The fraction of sp³-hybridized carbons (Fsp3) is 0.417. The van der Waals surface area contributed by atoms with E-state index in [9.17, 15) is 0 Å². The molecule has 0 radical (unpaired) electrons. The smallest absolute Gasteiger partial charge is 0.126 e. The number of nitrogens with zero attached hydrogens (tertiary/aromatic N) is 2. The van der Waals surface area contributed by atoms with Crippen molar-refractivity contribution >= 4 is 11.0 Å². The molecule has 1 atom stereocenters. The van der Waals surface area contributed by atoms with E-state index >= 15 is 0 Å². The van der Waals surface area contributed by atoms with Crippen LogP contribution in [0.3, 0.4) is 0 Å². The number of imidazole rings is 1. The summed E-state index contributed by atoms with van der Waals surface area (Å²) in [5.74, 6) is 0.943. The number of fused-ring (bicyclic) bond motifs is 1. The van der Waals surface area contributed by atoms with Crippen LogP contribution in [0.1, 0.15) is 29.9 Å². The molecule has 1 heterocycles. The molecule has 2 rings (SSSR count). The van der Waals surface area contributed by atoms with Gasteiger partial charge < -0.3 is 10.3 Å². The van der Waals surface area contributed by atoms with Gasteiger partial charge in [-0.05, 0) is 38.0 Å². The van der Waals surface area contributed by atoms with Crippen molar-refractivity contribution in [1.82, 2.24) is 9.55 Å². The highest BCUT2D eigenvalue weighted by molar-refractivity contribution is 5.80. The molecule has 0 saturated heterocycles. The minimum absolute atomic E-state index is 0.0258. The first kappa shape index (κ1) is 10.2. The largest absolute Gasteiger partial charge is 0.330 e. The summed E-state index contributed by atoms with van der Waals surface area (Å²) in [6.07, 6.45) is 0. The highest BCUT2D eigenvalue weighted by atomic mass is 15.1. The number of aromatic nitrogens is 2. The van der Waals surface area contributed by atoms with E-state index < -0.39 is 0 Å². The highest BCUT2D eigenvalue weighted by Crippen LogP contribution is 2.22. The van der Waals surface area contributed by atoms with Crippen molar-refractivity contribution in [3.63, 3.8) is 0 Å². The van der Waals surface area contributed by atoms with E-state index in [1.807, 2.05) is 14.0 Å². The van der Waals surface area contributed by atoms with Gasteiger partial charge in [-0.15, -0.1) is 0 Å². The number of rotatable bonds is 1. The van der Waals surface area contributed by atoms with Crippen LogP contribution in [-0.2, 0) is 7.05 Å².